The molecule has 0 saturated carbocycles. The molecule has 1 aliphatic rings. The van der Waals surface area contributed by atoms with Crippen LogP contribution >= 0.6 is 0 Å². The number of nitrogens with zero attached hydrogens (tertiary/aromatic N) is 2. The Hall–Kier alpha value is -7.16. The number of rotatable bonds is 8. The molecule has 0 atom stereocenters. The maximum atomic E-state index is 2.43. The Bertz CT molecular complexity index is 2900. The van der Waals surface area contributed by atoms with Gasteiger partial charge in [0, 0.05) is 39.2 Å². The summed E-state index contributed by atoms with van der Waals surface area (Å²) in [6, 6.07) is 77.4. The second-order valence-corrected chi connectivity index (χ2v) is 15.9. The van der Waals surface area contributed by atoms with Gasteiger partial charge in [-0.2, -0.15) is 0 Å². The lowest BCUT2D eigenvalue weighted by atomic mass is 9.82. The number of hydrogen-bond acceptors (Lipinski definition) is 2. The fourth-order valence-electron chi connectivity index (χ4n) is 8.90. The molecule has 0 aromatic heterocycles. The van der Waals surface area contributed by atoms with E-state index in [1.54, 1.807) is 0 Å². The Morgan fingerprint density at radius 2 is 0.793 bits per heavy atom. The molecule has 0 fully saturated rings. The van der Waals surface area contributed by atoms with Crippen LogP contribution in [0.1, 0.15) is 30.5 Å². The van der Waals surface area contributed by atoms with Crippen LogP contribution in [0, 0.1) is 6.92 Å². The van der Waals surface area contributed by atoms with E-state index in [9.17, 15) is 0 Å². The van der Waals surface area contributed by atoms with Crippen molar-refractivity contribution in [2.45, 2.75) is 26.2 Å². The molecule has 9 aromatic rings. The van der Waals surface area contributed by atoms with Crippen LogP contribution in [0.5, 0.6) is 0 Å². The van der Waals surface area contributed by atoms with Crippen LogP contribution in [0.15, 0.2) is 212 Å². The Morgan fingerprint density at radius 1 is 0.345 bits per heavy atom. The van der Waals surface area contributed by atoms with E-state index < -0.39 is 0 Å². The first-order chi connectivity index (χ1) is 28.4. The third kappa shape index (κ3) is 6.24. The summed E-state index contributed by atoms with van der Waals surface area (Å²) in [7, 11) is 0. The summed E-state index contributed by atoms with van der Waals surface area (Å²) >= 11 is 0. The van der Waals surface area contributed by atoms with E-state index in [1.807, 2.05) is 0 Å². The second-order valence-electron chi connectivity index (χ2n) is 15.9. The maximum Gasteiger partial charge on any atom is 0.0540 e. The van der Waals surface area contributed by atoms with Crippen LogP contribution in [0.4, 0.5) is 34.1 Å². The SMILES string of the molecule is Cc1cccc(N(c2ccc3c(c2)C(C)(C)c2cc(N(c4ccccc4)c4ccc(-c5ccc(-c6ccccc6)cc5)cc4)ccc2-3)c2cccc3ccccc23)c1. The van der Waals surface area contributed by atoms with E-state index in [1.165, 1.54) is 66.5 Å². The first-order valence-corrected chi connectivity index (χ1v) is 20.2. The van der Waals surface area contributed by atoms with Crippen LogP contribution in [0.3, 0.4) is 0 Å². The second kappa shape index (κ2) is 14.4. The smallest absolute Gasteiger partial charge is 0.0540 e. The van der Waals surface area contributed by atoms with Crippen molar-refractivity contribution < 1.29 is 0 Å². The van der Waals surface area contributed by atoms with Crippen molar-refractivity contribution in [3.63, 3.8) is 0 Å². The normalized spacial score (nSPS) is 12.5. The third-order valence-corrected chi connectivity index (χ3v) is 11.9. The zero-order valence-electron chi connectivity index (χ0n) is 33.1. The van der Waals surface area contributed by atoms with Gasteiger partial charge < -0.3 is 9.80 Å². The predicted molar refractivity (Wildman–Crippen MR) is 246 cm³/mol. The fraction of sp³-hybridized carbons (Fsp3) is 0.0714. The third-order valence-electron chi connectivity index (χ3n) is 11.9. The van der Waals surface area contributed by atoms with Crippen LogP contribution in [0.2, 0.25) is 0 Å². The maximum absolute atomic E-state index is 2.43. The molecule has 0 amide bonds. The molecule has 278 valence electrons. The van der Waals surface area contributed by atoms with E-state index in [0.717, 1.165) is 28.4 Å². The molecule has 0 radical (unpaired) electrons. The van der Waals surface area contributed by atoms with Crippen molar-refractivity contribution in [1.29, 1.82) is 0 Å². The Balaban J connectivity index is 1.02. The largest absolute Gasteiger partial charge is 0.310 e. The summed E-state index contributed by atoms with van der Waals surface area (Å²) in [5, 5.41) is 2.46. The lowest BCUT2D eigenvalue weighted by Crippen LogP contribution is -2.17. The highest BCUT2D eigenvalue weighted by molar-refractivity contribution is 5.99. The molecule has 10 rings (SSSR count). The number of fused-ring (bicyclic) bond motifs is 4. The van der Waals surface area contributed by atoms with E-state index in [0.29, 0.717) is 0 Å². The molecule has 0 heterocycles. The summed E-state index contributed by atoms with van der Waals surface area (Å²) in [6.45, 7) is 6.93. The highest BCUT2D eigenvalue weighted by atomic mass is 15.1. The molecule has 0 bridgehead atoms. The minimum atomic E-state index is -0.230. The van der Waals surface area contributed by atoms with Gasteiger partial charge in [0.15, 0.2) is 0 Å². The van der Waals surface area contributed by atoms with Gasteiger partial charge >= 0.3 is 0 Å². The van der Waals surface area contributed by atoms with Gasteiger partial charge in [0.25, 0.3) is 0 Å². The Morgan fingerprint density at radius 3 is 1.43 bits per heavy atom. The zero-order chi connectivity index (χ0) is 39.2. The molecule has 0 aliphatic heterocycles. The fourth-order valence-corrected chi connectivity index (χ4v) is 8.90. The minimum Gasteiger partial charge on any atom is -0.310 e. The van der Waals surface area contributed by atoms with Crippen molar-refractivity contribution in [3.8, 4) is 33.4 Å². The average Bonchev–Trinajstić information content (AvgIpc) is 3.50. The van der Waals surface area contributed by atoms with Crippen LogP contribution < -0.4 is 9.80 Å². The van der Waals surface area contributed by atoms with Gasteiger partial charge in [-0.1, -0.05) is 159 Å². The van der Waals surface area contributed by atoms with Crippen LogP contribution in [-0.2, 0) is 5.41 Å². The molecule has 1 aliphatic carbocycles. The monoisotopic (exact) mass is 744 g/mol. The molecule has 2 heteroatoms. The molecular formula is C56H44N2. The van der Waals surface area contributed by atoms with Crippen molar-refractivity contribution in [1.82, 2.24) is 0 Å². The quantitative estimate of drug-likeness (QED) is 0.153. The van der Waals surface area contributed by atoms with E-state index in [4.69, 9.17) is 0 Å². The Labute approximate surface area is 341 Å². The first-order valence-electron chi connectivity index (χ1n) is 20.2. The van der Waals surface area contributed by atoms with E-state index in [-0.39, 0.29) is 5.41 Å². The predicted octanol–water partition coefficient (Wildman–Crippen LogP) is 15.7. The summed E-state index contributed by atoms with van der Waals surface area (Å²) in [4.78, 5) is 4.81. The first kappa shape index (κ1) is 35.3. The summed E-state index contributed by atoms with van der Waals surface area (Å²) in [5.41, 5.74) is 18.0. The van der Waals surface area contributed by atoms with Crippen molar-refractivity contribution in [3.05, 3.63) is 229 Å². The van der Waals surface area contributed by atoms with Gasteiger partial charge in [0.2, 0.25) is 0 Å². The van der Waals surface area contributed by atoms with E-state index in [2.05, 4.69) is 243 Å². The average molecular weight is 745 g/mol. The topological polar surface area (TPSA) is 6.48 Å². The van der Waals surface area contributed by atoms with Gasteiger partial charge in [0.1, 0.15) is 0 Å². The lowest BCUT2D eigenvalue weighted by Gasteiger charge is -2.30. The standard InChI is InChI=1S/C56H44N2/c1-39-14-12-21-47(36-39)58(55-23-13-18-44-17-10-11-22-50(44)55)49-33-35-52-51-34-32-48(37-53(51)56(2,3)54(52)38-49)57(45-19-8-5-9-20-45)46-30-28-43(29-31-46)42-26-24-41(25-27-42)40-15-6-4-7-16-40/h4-38H,1-3H3. The highest BCUT2D eigenvalue weighted by Crippen LogP contribution is 2.53. The number of anilines is 6. The van der Waals surface area contributed by atoms with Crippen molar-refractivity contribution in [2.24, 2.45) is 0 Å². The Kier molecular flexibility index (Phi) is 8.76. The number of hydrogen-bond donors (Lipinski definition) is 0. The van der Waals surface area contributed by atoms with Crippen molar-refractivity contribution in [2.75, 3.05) is 9.80 Å². The highest BCUT2D eigenvalue weighted by Gasteiger charge is 2.37. The molecule has 0 saturated heterocycles. The van der Waals surface area contributed by atoms with Gasteiger partial charge in [-0.3, -0.25) is 0 Å². The molecule has 58 heavy (non-hydrogen) atoms. The molecular weight excluding hydrogens is 701 g/mol. The van der Waals surface area contributed by atoms with Crippen molar-refractivity contribution >= 4 is 44.9 Å². The number of para-hydroxylation sites is 1. The molecule has 9 aromatic carbocycles. The van der Waals surface area contributed by atoms with Gasteiger partial charge in [-0.15, -0.1) is 0 Å². The molecule has 2 nitrogen and oxygen atoms in total. The number of benzene rings is 9. The van der Waals surface area contributed by atoms with Crippen LogP contribution in [-0.4, -0.2) is 0 Å². The lowest BCUT2D eigenvalue weighted by molar-refractivity contribution is 0.660. The van der Waals surface area contributed by atoms with Gasteiger partial charge in [-0.05, 0) is 129 Å². The minimum absolute atomic E-state index is 0.230. The van der Waals surface area contributed by atoms with Gasteiger partial charge in [0.05, 0.1) is 5.69 Å². The summed E-state index contributed by atoms with van der Waals surface area (Å²) in [6.07, 6.45) is 0. The molecule has 0 unspecified atom stereocenters. The van der Waals surface area contributed by atoms with E-state index >= 15 is 0 Å². The van der Waals surface area contributed by atoms with Gasteiger partial charge in [-0.25, -0.2) is 0 Å². The molecule has 0 spiro atoms. The van der Waals surface area contributed by atoms with Crippen LogP contribution in [0.25, 0.3) is 44.2 Å². The summed E-state index contributed by atoms with van der Waals surface area (Å²) in [5.74, 6) is 0. The zero-order valence-corrected chi connectivity index (χ0v) is 33.1. The number of aryl methyl sites for hydroxylation is 1. The summed E-state index contributed by atoms with van der Waals surface area (Å²) < 4.78 is 0. The molecule has 0 N–H and O–H groups in total.